The van der Waals surface area contributed by atoms with Gasteiger partial charge in [-0.05, 0) is 80.7 Å². The summed E-state index contributed by atoms with van der Waals surface area (Å²) in [6, 6.07) is 12.7. The number of amides is 2. The van der Waals surface area contributed by atoms with Gasteiger partial charge in [-0.15, -0.1) is 0 Å². The average Bonchev–Trinajstić information content (AvgIpc) is 3.77. The Kier molecular flexibility index (Phi) is 8.14. The van der Waals surface area contributed by atoms with Crippen LogP contribution in [-0.4, -0.2) is 56.3 Å². The number of carbonyl (C=O) groups excluding carboxylic acids is 1. The van der Waals surface area contributed by atoms with Crippen LogP contribution in [0.25, 0.3) is 0 Å². The SMILES string of the molecule is CN(C(=O)NC1Cc2ccc(C#N)cc2C1)C1CCC(NCc2nccc(Nc3cc(C4CCCC4)[nH]n3)n2)CC1. The number of H-pyrrole nitrogens is 1. The molecule has 0 aliphatic heterocycles. The number of hydrogen-bond acceptors (Lipinski definition) is 7. The lowest BCUT2D eigenvalue weighted by atomic mass is 9.90. The van der Waals surface area contributed by atoms with E-state index in [9.17, 15) is 4.79 Å². The van der Waals surface area contributed by atoms with Crippen molar-refractivity contribution in [2.75, 3.05) is 12.4 Å². The van der Waals surface area contributed by atoms with Crippen molar-refractivity contribution < 1.29 is 4.79 Å². The van der Waals surface area contributed by atoms with Gasteiger partial charge in [0.25, 0.3) is 0 Å². The van der Waals surface area contributed by atoms with Crippen molar-refractivity contribution in [2.45, 2.75) is 94.8 Å². The zero-order valence-corrected chi connectivity index (χ0v) is 23.7. The van der Waals surface area contributed by atoms with E-state index in [2.05, 4.69) is 48.3 Å². The number of carbonyl (C=O) groups is 1. The number of fused-ring (bicyclic) bond motifs is 1. The largest absolute Gasteiger partial charge is 0.335 e. The van der Waals surface area contributed by atoms with Crippen LogP contribution in [0.1, 0.15) is 85.5 Å². The van der Waals surface area contributed by atoms with E-state index in [1.54, 1.807) is 6.20 Å². The Morgan fingerprint density at radius 3 is 2.63 bits per heavy atom. The van der Waals surface area contributed by atoms with Crippen LogP contribution >= 0.6 is 0 Å². The maximum Gasteiger partial charge on any atom is 0.317 e. The number of nitrogens with zero attached hydrogens (tertiary/aromatic N) is 5. The number of aromatic nitrogens is 4. The van der Waals surface area contributed by atoms with E-state index >= 15 is 0 Å². The molecule has 41 heavy (non-hydrogen) atoms. The molecule has 0 spiro atoms. The maximum absolute atomic E-state index is 13.0. The lowest BCUT2D eigenvalue weighted by molar-refractivity contribution is 0.162. The maximum atomic E-state index is 13.0. The van der Waals surface area contributed by atoms with Gasteiger partial charge in [0.1, 0.15) is 11.6 Å². The molecule has 214 valence electrons. The second-order valence-corrected chi connectivity index (χ2v) is 11.8. The van der Waals surface area contributed by atoms with Crippen molar-refractivity contribution >= 4 is 17.7 Å². The van der Waals surface area contributed by atoms with E-state index < -0.39 is 0 Å². The molecular weight excluding hydrogens is 514 g/mol. The number of rotatable bonds is 8. The van der Waals surface area contributed by atoms with Crippen LogP contribution in [0.3, 0.4) is 0 Å². The molecule has 2 aromatic heterocycles. The number of nitrogens with one attached hydrogen (secondary N) is 4. The molecule has 2 saturated carbocycles. The molecule has 0 radical (unpaired) electrons. The van der Waals surface area contributed by atoms with Crippen molar-refractivity contribution in [3.05, 3.63) is 64.7 Å². The quantitative estimate of drug-likeness (QED) is 0.318. The molecule has 1 unspecified atom stereocenters. The first-order valence-electron chi connectivity index (χ1n) is 15.0. The Hall–Kier alpha value is -3.97. The Morgan fingerprint density at radius 1 is 1.02 bits per heavy atom. The normalized spacial score (nSPS) is 22.2. The molecule has 4 N–H and O–H groups in total. The van der Waals surface area contributed by atoms with Gasteiger partial charge < -0.3 is 20.9 Å². The monoisotopic (exact) mass is 553 g/mol. The van der Waals surface area contributed by atoms with Gasteiger partial charge in [-0.3, -0.25) is 5.10 Å². The zero-order chi connectivity index (χ0) is 28.2. The van der Waals surface area contributed by atoms with Crippen molar-refractivity contribution in [3.8, 4) is 6.07 Å². The van der Waals surface area contributed by atoms with Gasteiger partial charge in [0, 0.05) is 49.0 Å². The molecule has 10 heteroatoms. The smallest absolute Gasteiger partial charge is 0.317 e. The summed E-state index contributed by atoms with van der Waals surface area (Å²) in [5, 5.41) is 26.9. The molecule has 0 bridgehead atoms. The van der Waals surface area contributed by atoms with E-state index in [1.807, 2.05) is 36.2 Å². The van der Waals surface area contributed by atoms with Gasteiger partial charge in [-0.1, -0.05) is 18.9 Å². The number of hydrogen-bond donors (Lipinski definition) is 4. The molecule has 10 nitrogen and oxygen atoms in total. The Balaban J connectivity index is 0.933. The molecular formula is C31H39N9O. The number of urea groups is 1. The molecule has 1 aromatic carbocycles. The molecule has 3 aromatic rings. The molecule has 0 saturated heterocycles. The summed E-state index contributed by atoms with van der Waals surface area (Å²) in [5.74, 6) is 2.88. The van der Waals surface area contributed by atoms with E-state index in [4.69, 9.17) is 5.26 Å². The Bertz CT molecular complexity index is 1400. The predicted octanol–water partition coefficient (Wildman–Crippen LogP) is 4.68. The highest BCUT2D eigenvalue weighted by Gasteiger charge is 2.29. The molecule has 3 aliphatic rings. The molecule has 2 fully saturated rings. The van der Waals surface area contributed by atoms with Crippen molar-refractivity contribution in [1.82, 2.24) is 35.7 Å². The summed E-state index contributed by atoms with van der Waals surface area (Å²) in [5.41, 5.74) is 4.28. The lowest BCUT2D eigenvalue weighted by Gasteiger charge is -2.35. The summed E-state index contributed by atoms with van der Waals surface area (Å²) < 4.78 is 0. The van der Waals surface area contributed by atoms with Gasteiger partial charge in [-0.25, -0.2) is 14.8 Å². The van der Waals surface area contributed by atoms with E-state index in [-0.39, 0.29) is 18.1 Å². The summed E-state index contributed by atoms with van der Waals surface area (Å²) in [6.07, 6.45) is 12.4. The number of benzene rings is 1. The highest BCUT2D eigenvalue weighted by atomic mass is 16.2. The van der Waals surface area contributed by atoms with Crippen LogP contribution < -0.4 is 16.0 Å². The van der Waals surface area contributed by atoms with Crippen LogP contribution in [0.15, 0.2) is 36.5 Å². The summed E-state index contributed by atoms with van der Waals surface area (Å²) in [6.45, 7) is 0.602. The van der Waals surface area contributed by atoms with Crippen LogP contribution in [-0.2, 0) is 19.4 Å². The topological polar surface area (TPSA) is 135 Å². The fourth-order valence-electron chi connectivity index (χ4n) is 6.67. The highest BCUT2D eigenvalue weighted by Crippen LogP contribution is 2.34. The van der Waals surface area contributed by atoms with Gasteiger partial charge >= 0.3 is 6.03 Å². The first-order chi connectivity index (χ1) is 20.0. The molecule has 2 amide bonds. The number of nitriles is 1. The Morgan fingerprint density at radius 2 is 1.83 bits per heavy atom. The van der Waals surface area contributed by atoms with Crippen LogP contribution in [0.5, 0.6) is 0 Å². The second-order valence-electron chi connectivity index (χ2n) is 11.8. The molecule has 2 heterocycles. The lowest BCUT2D eigenvalue weighted by Crippen LogP contribution is -2.49. The van der Waals surface area contributed by atoms with Crippen LogP contribution in [0.4, 0.5) is 16.4 Å². The molecule has 6 rings (SSSR count). The van der Waals surface area contributed by atoms with Gasteiger partial charge in [-0.2, -0.15) is 10.4 Å². The average molecular weight is 554 g/mol. The van der Waals surface area contributed by atoms with E-state index in [1.165, 1.54) is 42.5 Å². The third-order valence-corrected chi connectivity index (χ3v) is 9.06. The predicted molar refractivity (Wildman–Crippen MR) is 157 cm³/mol. The number of anilines is 2. The van der Waals surface area contributed by atoms with Crippen molar-refractivity contribution in [3.63, 3.8) is 0 Å². The summed E-state index contributed by atoms with van der Waals surface area (Å²) in [7, 11) is 1.91. The van der Waals surface area contributed by atoms with Gasteiger partial charge in [0.2, 0.25) is 0 Å². The first kappa shape index (κ1) is 27.2. The second kappa shape index (κ2) is 12.3. The standard InChI is InChI=1S/C31H39N9O/c1-40(31(41)35-25-15-22-7-6-20(18-32)14-23(22)16-25)26-10-8-24(9-11-26)34-19-30-33-13-12-28(37-30)36-29-17-27(38-39-29)21-4-2-3-5-21/h6-7,12-14,17,21,24-26,34H,2-5,8-11,15-16,19H2,1H3,(H,35,41)(H2,33,36,37,38,39). The summed E-state index contributed by atoms with van der Waals surface area (Å²) in [4.78, 5) is 24.0. The van der Waals surface area contributed by atoms with Crippen LogP contribution in [0, 0.1) is 11.3 Å². The first-order valence-corrected chi connectivity index (χ1v) is 15.0. The van der Waals surface area contributed by atoms with E-state index in [0.29, 0.717) is 24.1 Å². The minimum absolute atomic E-state index is 0.00953. The Labute approximate surface area is 241 Å². The number of aromatic amines is 1. The molecule has 1 atom stereocenters. The van der Waals surface area contributed by atoms with Crippen molar-refractivity contribution in [2.24, 2.45) is 0 Å². The third-order valence-electron chi connectivity index (χ3n) is 9.06. The minimum Gasteiger partial charge on any atom is -0.335 e. The van der Waals surface area contributed by atoms with Gasteiger partial charge in [0.05, 0.1) is 18.2 Å². The molecule has 3 aliphatic carbocycles. The van der Waals surface area contributed by atoms with Crippen LogP contribution in [0.2, 0.25) is 0 Å². The summed E-state index contributed by atoms with van der Waals surface area (Å²) >= 11 is 0. The van der Waals surface area contributed by atoms with Crippen molar-refractivity contribution in [1.29, 1.82) is 5.26 Å². The zero-order valence-electron chi connectivity index (χ0n) is 23.7. The fourth-order valence-corrected chi connectivity index (χ4v) is 6.67. The minimum atomic E-state index is -0.00953. The fraction of sp³-hybridized carbons (Fsp3) is 0.516. The third kappa shape index (κ3) is 6.51. The van der Waals surface area contributed by atoms with Gasteiger partial charge in [0.15, 0.2) is 5.82 Å². The van der Waals surface area contributed by atoms with E-state index in [0.717, 1.165) is 56.0 Å². The highest BCUT2D eigenvalue weighted by molar-refractivity contribution is 5.75.